The van der Waals surface area contributed by atoms with Crippen LogP contribution in [0.4, 0.5) is 5.69 Å². The van der Waals surface area contributed by atoms with Crippen LogP contribution in [-0.4, -0.2) is 31.3 Å². The topological polar surface area (TPSA) is 46.6 Å². The number of esters is 1. The smallest absolute Gasteiger partial charge is 0.337 e. The lowest BCUT2D eigenvalue weighted by Crippen LogP contribution is -2.25. The lowest BCUT2D eigenvalue weighted by Gasteiger charge is -2.17. The van der Waals surface area contributed by atoms with Crippen molar-refractivity contribution in [3.05, 3.63) is 28.8 Å². The van der Waals surface area contributed by atoms with Crippen molar-refractivity contribution in [1.82, 2.24) is 0 Å². The van der Waals surface area contributed by atoms with Crippen molar-refractivity contribution in [3.63, 3.8) is 0 Å². The monoisotopic (exact) mass is 299 g/mol. The van der Waals surface area contributed by atoms with E-state index >= 15 is 0 Å². The highest BCUT2D eigenvalue weighted by Crippen LogP contribution is 2.29. The predicted octanol–water partition coefficient (Wildman–Crippen LogP) is 2.41. The van der Waals surface area contributed by atoms with Gasteiger partial charge in [-0.3, -0.25) is 4.79 Å². The maximum Gasteiger partial charge on any atom is 0.337 e. The molecule has 6 heteroatoms. The molecule has 19 heavy (non-hydrogen) atoms. The summed E-state index contributed by atoms with van der Waals surface area (Å²) < 4.78 is 4.66. The number of halogens is 1. The predicted molar refractivity (Wildman–Crippen MR) is 77.1 cm³/mol. The van der Waals surface area contributed by atoms with E-state index in [2.05, 4.69) is 17.4 Å². The zero-order valence-electron chi connectivity index (χ0n) is 10.4. The fourth-order valence-electron chi connectivity index (χ4n) is 2.12. The maximum atomic E-state index is 11.9. The average molecular weight is 300 g/mol. The first kappa shape index (κ1) is 14.2. The molecule has 0 aliphatic carbocycles. The molecule has 1 aliphatic heterocycles. The third-order valence-corrected chi connectivity index (χ3v) is 3.81. The third kappa shape index (κ3) is 3.04. The quantitative estimate of drug-likeness (QED) is 0.689. The Kier molecular flexibility index (Phi) is 4.37. The van der Waals surface area contributed by atoms with E-state index in [1.807, 2.05) is 0 Å². The van der Waals surface area contributed by atoms with E-state index in [9.17, 15) is 9.59 Å². The number of hydrogen-bond acceptors (Lipinski definition) is 4. The number of methoxy groups -OCH3 is 1. The molecule has 1 aromatic carbocycles. The molecule has 0 radical (unpaired) electrons. The molecule has 1 saturated heterocycles. The number of amides is 1. The van der Waals surface area contributed by atoms with Gasteiger partial charge in [0.05, 0.1) is 12.7 Å². The van der Waals surface area contributed by atoms with Gasteiger partial charge < -0.3 is 9.64 Å². The van der Waals surface area contributed by atoms with Gasteiger partial charge in [-0.05, 0) is 29.9 Å². The van der Waals surface area contributed by atoms with E-state index in [1.54, 1.807) is 17.0 Å². The molecule has 102 valence electrons. The summed E-state index contributed by atoms with van der Waals surface area (Å²) in [5.41, 5.74) is 0.967. The van der Waals surface area contributed by atoms with Gasteiger partial charge >= 0.3 is 5.97 Å². The van der Waals surface area contributed by atoms with Crippen molar-refractivity contribution in [1.29, 1.82) is 0 Å². The van der Waals surface area contributed by atoms with E-state index < -0.39 is 5.97 Å². The molecule has 1 atom stereocenters. The van der Waals surface area contributed by atoms with Crippen LogP contribution in [0.1, 0.15) is 16.8 Å². The molecule has 0 N–H and O–H groups in total. The number of ether oxygens (including phenoxy) is 1. The van der Waals surface area contributed by atoms with Gasteiger partial charge in [-0.2, -0.15) is 12.6 Å². The fraction of sp³-hybridized carbons (Fsp3) is 0.385. The highest BCUT2D eigenvalue weighted by atomic mass is 35.5. The fourth-order valence-corrected chi connectivity index (χ4v) is 2.59. The van der Waals surface area contributed by atoms with Crippen LogP contribution >= 0.6 is 24.2 Å². The third-order valence-electron chi connectivity index (χ3n) is 3.08. The number of thiol groups is 1. The maximum absolute atomic E-state index is 11.9. The Morgan fingerprint density at radius 3 is 2.84 bits per heavy atom. The number of anilines is 1. The normalized spacial score (nSPS) is 18.8. The SMILES string of the molecule is COC(=O)c1cc(Cl)cc(N2CC(CS)CC2=O)c1. The minimum Gasteiger partial charge on any atom is -0.465 e. The van der Waals surface area contributed by atoms with Crippen LogP contribution in [0.5, 0.6) is 0 Å². The number of hydrogen-bond donors (Lipinski definition) is 1. The molecule has 0 aromatic heterocycles. The van der Waals surface area contributed by atoms with Crippen LogP contribution in [0, 0.1) is 5.92 Å². The van der Waals surface area contributed by atoms with Gasteiger partial charge in [0, 0.05) is 23.7 Å². The average Bonchev–Trinajstić information content (AvgIpc) is 2.78. The lowest BCUT2D eigenvalue weighted by atomic mass is 10.1. The summed E-state index contributed by atoms with van der Waals surface area (Å²) in [6.07, 6.45) is 0.476. The van der Waals surface area contributed by atoms with Gasteiger partial charge in [0.15, 0.2) is 0 Å². The molecule has 1 aromatic rings. The van der Waals surface area contributed by atoms with E-state index in [4.69, 9.17) is 11.6 Å². The summed E-state index contributed by atoms with van der Waals surface area (Å²) >= 11 is 10.2. The Morgan fingerprint density at radius 1 is 1.53 bits per heavy atom. The summed E-state index contributed by atoms with van der Waals surface area (Å²) in [6, 6.07) is 4.82. The van der Waals surface area contributed by atoms with Crippen LogP contribution in [0.25, 0.3) is 0 Å². The molecule has 1 amide bonds. The van der Waals surface area contributed by atoms with Gasteiger partial charge in [0.1, 0.15) is 0 Å². The Hall–Kier alpha value is -1.20. The number of benzene rings is 1. The highest BCUT2D eigenvalue weighted by Gasteiger charge is 2.30. The van der Waals surface area contributed by atoms with Gasteiger partial charge in [-0.15, -0.1) is 0 Å². The summed E-state index contributed by atoms with van der Waals surface area (Å²) in [7, 11) is 1.31. The van der Waals surface area contributed by atoms with Crippen molar-refractivity contribution in [2.75, 3.05) is 24.3 Å². The molecule has 2 rings (SSSR count). The summed E-state index contributed by atoms with van der Waals surface area (Å²) in [5, 5.41) is 0.403. The van der Waals surface area contributed by atoms with E-state index in [0.717, 1.165) is 0 Å². The minimum atomic E-state index is -0.471. The first-order chi connectivity index (χ1) is 9.05. The first-order valence-corrected chi connectivity index (χ1v) is 6.86. The van der Waals surface area contributed by atoms with Gasteiger partial charge in [-0.25, -0.2) is 4.79 Å². The van der Waals surface area contributed by atoms with Crippen molar-refractivity contribution in [2.45, 2.75) is 6.42 Å². The molecule has 0 bridgehead atoms. The van der Waals surface area contributed by atoms with Crippen molar-refractivity contribution >= 4 is 41.8 Å². The molecule has 0 saturated carbocycles. The Bertz CT molecular complexity index is 521. The summed E-state index contributed by atoms with van der Waals surface area (Å²) in [6.45, 7) is 0.600. The van der Waals surface area contributed by atoms with E-state index in [1.165, 1.54) is 13.2 Å². The number of nitrogens with zero attached hydrogens (tertiary/aromatic N) is 1. The molecule has 1 aliphatic rings. The summed E-state index contributed by atoms with van der Waals surface area (Å²) in [5.74, 6) is 0.446. The van der Waals surface area contributed by atoms with Crippen LogP contribution in [0.15, 0.2) is 18.2 Å². The van der Waals surface area contributed by atoms with Gasteiger partial charge in [-0.1, -0.05) is 11.6 Å². The molecule has 4 nitrogen and oxygen atoms in total. The van der Waals surface area contributed by atoms with Crippen LogP contribution in [0.3, 0.4) is 0 Å². The Morgan fingerprint density at radius 2 is 2.26 bits per heavy atom. The molecular formula is C13H14ClNO3S. The van der Waals surface area contributed by atoms with E-state index in [-0.39, 0.29) is 11.8 Å². The molecule has 1 heterocycles. The Balaban J connectivity index is 2.32. The van der Waals surface area contributed by atoms with Crippen molar-refractivity contribution in [2.24, 2.45) is 5.92 Å². The van der Waals surface area contributed by atoms with Gasteiger partial charge in [0.2, 0.25) is 5.91 Å². The largest absolute Gasteiger partial charge is 0.465 e. The minimum absolute atomic E-state index is 0.0251. The van der Waals surface area contributed by atoms with Crippen LogP contribution in [-0.2, 0) is 9.53 Å². The molecule has 0 spiro atoms. The standard InChI is InChI=1S/C13H14ClNO3S/c1-18-13(17)9-3-10(14)5-11(4-9)15-6-8(7-19)2-12(15)16/h3-5,8,19H,2,6-7H2,1H3. The molecular weight excluding hydrogens is 286 g/mol. The number of carbonyl (C=O) groups is 2. The van der Waals surface area contributed by atoms with E-state index in [0.29, 0.717) is 35.0 Å². The zero-order valence-corrected chi connectivity index (χ0v) is 12.1. The molecule has 1 fully saturated rings. The molecule has 1 unspecified atom stereocenters. The van der Waals surface area contributed by atoms with Gasteiger partial charge in [0.25, 0.3) is 0 Å². The van der Waals surface area contributed by atoms with Crippen molar-refractivity contribution in [3.8, 4) is 0 Å². The van der Waals surface area contributed by atoms with Crippen LogP contribution < -0.4 is 4.90 Å². The van der Waals surface area contributed by atoms with Crippen molar-refractivity contribution < 1.29 is 14.3 Å². The second-order valence-corrected chi connectivity index (χ2v) is 5.25. The zero-order chi connectivity index (χ0) is 14.0. The number of rotatable bonds is 3. The summed E-state index contributed by atoms with van der Waals surface area (Å²) in [4.78, 5) is 25.1. The number of carbonyl (C=O) groups excluding carboxylic acids is 2. The second kappa shape index (κ2) is 5.84. The lowest BCUT2D eigenvalue weighted by molar-refractivity contribution is -0.117. The van der Waals surface area contributed by atoms with Crippen LogP contribution in [0.2, 0.25) is 5.02 Å². The highest BCUT2D eigenvalue weighted by molar-refractivity contribution is 7.80. The first-order valence-electron chi connectivity index (χ1n) is 5.85. The second-order valence-electron chi connectivity index (χ2n) is 4.45. The Labute approximate surface area is 122 Å².